The minimum atomic E-state index is -4.76. The average Bonchev–Trinajstić information content (AvgIpc) is 2.63. The van der Waals surface area contributed by atoms with Crippen LogP contribution in [0.5, 0.6) is 5.75 Å². The lowest BCUT2D eigenvalue weighted by molar-refractivity contribution is -0.274. The maximum absolute atomic E-state index is 12.1. The number of rotatable bonds is 5. The van der Waals surface area contributed by atoms with Gasteiger partial charge in [0.2, 0.25) is 17.7 Å². The Morgan fingerprint density at radius 1 is 1.12 bits per heavy atom. The van der Waals surface area contributed by atoms with Gasteiger partial charge in [-0.05, 0) is 30.5 Å². The van der Waals surface area contributed by atoms with Crippen molar-refractivity contribution in [2.24, 2.45) is 11.8 Å². The zero-order chi connectivity index (χ0) is 18.2. The van der Waals surface area contributed by atoms with Crippen LogP contribution in [0.15, 0.2) is 24.3 Å². The molecule has 2 fully saturated rings. The lowest BCUT2D eigenvalue weighted by Gasteiger charge is -2.24. The van der Waals surface area contributed by atoms with Crippen LogP contribution in [0.4, 0.5) is 13.2 Å². The van der Waals surface area contributed by atoms with Crippen LogP contribution in [-0.4, -0.2) is 35.5 Å². The minimum Gasteiger partial charge on any atom is -0.406 e. The molecule has 0 unspecified atom stereocenters. The van der Waals surface area contributed by atoms with E-state index in [0.717, 1.165) is 17.0 Å². The molecule has 1 aromatic rings. The molecule has 2 atom stereocenters. The average molecular weight is 356 g/mol. The van der Waals surface area contributed by atoms with E-state index in [2.05, 4.69) is 10.1 Å². The van der Waals surface area contributed by atoms with Crippen molar-refractivity contribution in [3.05, 3.63) is 29.8 Å². The van der Waals surface area contributed by atoms with Gasteiger partial charge in [0.05, 0.1) is 11.8 Å². The van der Waals surface area contributed by atoms with Crippen molar-refractivity contribution >= 4 is 17.7 Å². The van der Waals surface area contributed by atoms with Gasteiger partial charge >= 0.3 is 6.36 Å². The van der Waals surface area contributed by atoms with E-state index < -0.39 is 12.3 Å². The number of amides is 3. The molecule has 1 saturated carbocycles. The molecule has 6 nitrogen and oxygen atoms in total. The summed E-state index contributed by atoms with van der Waals surface area (Å²) in [5.74, 6) is -2.01. The summed E-state index contributed by atoms with van der Waals surface area (Å²) in [6.07, 6.45) is -3.40. The van der Waals surface area contributed by atoms with Gasteiger partial charge in [-0.15, -0.1) is 13.2 Å². The second-order valence-corrected chi connectivity index (χ2v) is 6.02. The predicted octanol–water partition coefficient (Wildman–Crippen LogP) is 1.60. The molecule has 0 bridgehead atoms. The van der Waals surface area contributed by atoms with Gasteiger partial charge in [0.15, 0.2) is 0 Å². The Hall–Kier alpha value is -2.58. The normalized spacial score (nSPS) is 22.4. The van der Waals surface area contributed by atoms with Crippen LogP contribution in [-0.2, 0) is 20.9 Å². The second-order valence-electron chi connectivity index (χ2n) is 6.02. The molecule has 1 aliphatic heterocycles. The first-order valence-electron chi connectivity index (χ1n) is 7.71. The van der Waals surface area contributed by atoms with E-state index in [1.807, 2.05) is 0 Å². The van der Waals surface area contributed by atoms with E-state index in [4.69, 9.17) is 0 Å². The number of halogens is 3. The van der Waals surface area contributed by atoms with Crippen molar-refractivity contribution in [3.8, 4) is 5.75 Å². The number of nitrogens with one attached hydrogen (secondary N) is 1. The molecule has 1 aliphatic carbocycles. The highest BCUT2D eigenvalue weighted by atomic mass is 19.4. The highest BCUT2D eigenvalue weighted by Gasteiger charge is 2.52. The van der Waals surface area contributed by atoms with E-state index in [9.17, 15) is 27.6 Å². The van der Waals surface area contributed by atoms with Crippen LogP contribution in [0.3, 0.4) is 0 Å². The van der Waals surface area contributed by atoms with Crippen molar-refractivity contribution in [1.82, 2.24) is 10.2 Å². The fraction of sp³-hybridized carbons (Fsp3) is 0.438. The maximum Gasteiger partial charge on any atom is 0.573 e. The largest absolute Gasteiger partial charge is 0.573 e. The van der Waals surface area contributed by atoms with Gasteiger partial charge in [0.1, 0.15) is 12.3 Å². The molecule has 1 saturated heterocycles. The zero-order valence-electron chi connectivity index (χ0n) is 13.0. The first kappa shape index (κ1) is 17.2. The van der Waals surface area contributed by atoms with Crippen molar-refractivity contribution in [1.29, 1.82) is 0 Å². The smallest absolute Gasteiger partial charge is 0.406 e. The fourth-order valence-corrected chi connectivity index (χ4v) is 2.97. The predicted molar refractivity (Wildman–Crippen MR) is 77.9 cm³/mol. The number of hydrogen-bond acceptors (Lipinski definition) is 4. The van der Waals surface area contributed by atoms with Gasteiger partial charge in [-0.25, -0.2) is 0 Å². The maximum atomic E-state index is 12.1. The number of nitrogens with zero attached hydrogens (tertiary/aromatic N) is 1. The highest BCUT2D eigenvalue weighted by molar-refractivity contribution is 6.08. The Bertz CT molecular complexity index is 680. The molecule has 134 valence electrons. The molecular weight excluding hydrogens is 341 g/mol. The van der Waals surface area contributed by atoms with Gasteiger partial charge in [-0.2, -0.15) is 0 Å². The van der Waals surface area contributed by atoms with Crippen molar-refractivity contribution < 1.29 is 32.3 Å². The number of fused-ring (bicyclic) bond motifs is 1. The SMILES string of the molecule is O=C(CN1C(=O)[C@H]2CC[C@H]2C1=O)NCc1ccc(OC(F)(F)F)cc1. The second kappa shape index (κ2) is 6.38. The number of imide groups is 1. The molecular formula is C16H15F3N2O4. The van der Waals surface area contributed by atoms with Crippen LogP contribution in [0.25, 0.3) is 0 Å². The summed E-state index contributed by atoms with van der Waals surface area (Å²) < 4.78 is 40.0. The Balaban J connectivity index is 1.49. The third-order valence-corrected chi connectivity index (χ3v) is 4.39. The molecule has 1 heterocycles. The number of alkyl halides is 3. The summed E-state index contributed by atoms with van der Waals surface area (Å²) in [5, 5.41) is 2.54. The van der Waals surface area contributed by atoms with E-state index in [1.54, 1.807) is 0 Å². The molecule has 3 rings (SSSR count). The highest BCUT2D eigenvalue weighted by Crippen LogP contribution is 2.42. The molecule has 0 radical (unpaired) electrons. The zero-order valence-corrected chi connectivity index (χ0v) is 13.0. The molecule has 25 heavy (non-hydrogen) atoms. The molecule has 2 aliphatic rings. The summed E-state index contributed by atoms with van der Waals surface area (Å²) in [7, 11) is 0. The first-order chi connectivity index (χ1) is 11.7. The Morgan fingerprint density at radius 3 is 2.16 bits per heavy atom. The van der Waals surface area contributed by atoms with Gasteiger partial charge in [0.25, 0.3) is 0 Å². The third kappa shape index (κ3) is 3.75. The monoisotopic (exact) mass is 356 g/mol. The van der Waals surface area contributed by atoms with Crippen LogP contribution in [0, 0.1) is 11.8 Å². The number of benzene rings is 1. The summed E-state index contributed by atoms with van der Waals surface area (Å²) in [5.41, 5.74) is 0.557. The number of likely N-dealkylation sites (tertiary alicyclic amines) is 1. The molecule has 0 spiro atoms. The Morgan fingerprint density at radius 2 is 1.68 bits per heavy atom. The lowest BCUT2D eigenvalue weighted by Crippen LogP contribution is -2.40. The van der Waals surface area contributed by atoms with Crippen molar-refractivity contribution in [2.75, 3.05) is 6.54 Å². The van der Waals surface area contributed by atoms with E-state index >= 15 is 0 Å². The number of hydrogen-bond donors (Lipinski definition) is 1. The molecule has 3 amide bonds. The van der Waals surface area contributed by atoms with Gasteiger partial charge in [-0.3, -0.25) is 19.3 Å². The van der Waals surface area contributed by atoms with Crippen LogP contribution >= 0.6 is 0 Å². The molecule has 9 heteroatoms. The first-order valence-corrected chi connectivity index (χ1v) is 7.71. The fourth-order valence-electron chi connectivity index (χ4n) is 2.97. The van der Waals surface area contributed by atoms with Crippen LogP contribution < -0.4 is 10.1 Å². The topological polar surface area (TPSA) is 75.7 Å². The molecule has 1 N–H and O–H groups in total. The standard InChI is InChI=1S/C16H15F3N2O4/c17-16(18,19)25-10-3-1-9(2-4-10)7-20-13(22)8-21-14(23)11-5-6-12(11)15(21)24/h1-4,11-12H,5-8H2,(H,20,22)/t11-,12+. The van der Waals surface area contributed by atoms with Gasteiger partial charge in [-0.1, -0.05) is 12.1 Å². The Kier molecular flexibility index (Phi) is 4.40. The minimum absolute atomic E-state index is 0.0637. The summed E-state index contributed by atoms with van der Waals surface area (Å²) in [4.78, 5) is 36.8. The third-order valence-electron chi connectivity index (χ3n) is 4.39. The molecule has 1 aromatic carbocycles. The Labute approximate surface area is 140 Å². The number of ether oxygens (including phenoxy) is 1. The number of carbonyl (C=O) groups is 3. The van der Waals surface area contributed by atoms with Crippen LogP contribution in [0.2, 0.25) is 0 Å². The summed E-state index contributed by atoms with van der Waals surface area (Å²) in [6, 6.07) is 5.04. The van der Waals surface area contributed by atoms with E-state index in [0.29, 0.717) is 18.4 Å². The van der Waals surface area contributed by atoms with Crippen LogP contribution in [0.1, 0.15) is 18.4 Å². The molecule has 0 aromatic heterocycles. The number of carbonyl (C=O) groups excluding carboxylic acids is 3. The summed E-state index contributed by atoms with van der Waals surface area (Å²) in [6.45, 7) is -0.270. The van der Waals surface area contributed by atoms with Gasteiger partial charge < -0.3 is 10.1 Å². The van der Waals surface area contributed by atoms with Crippen molar-refractivity contribution in [3.63, 3.8) is 0 Å². The summed E-state index contributed by atoms with van der Waals surface area (Å²) >= 11 is 0. The van der Waals surface area contributed by atoms with Crippen molar-refractivity contribution in [2.45, 2.75) is 25.7 Å². The van der Waals surface area contributed by atoms with Gasteiger partial charge in [0, 0.05) is 6.54 Å². The lowest BCUT2D eigenvalue weighted by atomic mass is 9.76. The van der Waals surface area contributed by atoms with E-state index in [1.165, 1.54) is 12.1 Å². The van der Waals surface area contributed by atoms with E-state index in [-0.39, 0.29) is 42.5 Å². The quantitative estimate of drug-likeness (QED) is 0.813.